The van der Waals surface area contributed by atoms with Crippen molar-refractivity contribution in [1.29, 1.82) is 0 Å². The molecule has 5 heteroatoms. The van der Waals surface area contributed by atoms with Crippen LogP contribution in [-0.2, 0) is 10.8 Å². The van der Waals surface area contributed by atoms with Crippen molar-refractivity contribution in [1.82, 2.24) is 5.32 Å². The zero-order chi connectivity index (χ0) is 15.9. The van der Waals surface area contributed by atoms with Gasteiger partial charge in [0.15, 0.2) is 0 Å². The molecule has 1 saturated carbocycles. The summed E-state index contributed by atoms with van der Waals surface area (Å²) in [5, 5.41) is 12.3. The van der Waals surface area contributed by atoms with E-state index < -0.39 is 10.8 Å². The third-order valence-corrected chi connectivity index (χ3v) is 5.36. The molecule has 2 N–H and O–H groups in total. The van der Waals surface area contributed by atoms with Crippen molar-refractivity contribution < 1.29 is 14.1 Å². The lowest BCUT2D eigenvalue weighted by Crippen LogP contribution is -2.41. The van der Waals surface area contributed by atoms with Crippen molar-refractivity contribution in [3.8, 4) is 0 Å². The normalized spacial score (nSPS) is 18.6. The number of hydrogen-bond acceptors (Lipinski definition) is 3. The Hall–Kier alpha value is -1.20. The van der Waals surface area contributed by atoms with Crippen LogP contribution in [0, 0.1) is 5.92 Å². The topological polar surface area (TPSA) is 66.4 Å². The molecular formula is C17H25NO3S. The number of nitrogens with one attached hydrogen (secondary N) is 1. The quantitative estimate of drug-likeness (QED) is 0.845. The summed E-state index contributed by atoms with van der Waals surface area (Å²) in [6, 6.07) is 6.92. The summed E-state index contributed by atoms with van der Waals surface area (Å²) in [6.07, 6.45) is 8.16. The van der Waals surface area contributed by atoms with E-state index in [0.717, 1.165) is 17.7 Å². The van der Waals surface area contributed by atoms with Crippen LogP contribution in [0.1, 0.15) is 48.9 Å². The Kier molecular flexibility index (Phi) is 6.58. The van der Waals surface area contributed by atoms with Gasteiger partial charge in [-0.25, -0.2) is 0 Å². The SMILES string of the molecule is CS(=O)c1ccc(C(=O)NC(CCO)C2CCCCC2)cc1. The molecule has 2 atom stereocenters. The molecule has 1 aliphatic carbocycles. The average Bonchev–Trinajstić information content (AvgIpc) is 2.55. The summed E-state index contributed by atoms with van der Waals surface area (Å²) in [7, 11) is -1.03. The van der Waals surface area contributed by atoms with E-state index in [9.17, 15) is 14.1 Å². The summed E-state index contributed by atoms with van der Waals surface area (Å²) in [4.78, 5) is 13.1. The van der Waals surface area contributed by atoms with Crippen molar-refractivity contribution >= 4 is 16.7 Å². The third-order valence-electron chi connectivity index (χ3n) is 4.42. The van der Waals surface area contributed by atoms with Crippen LogP contribution in [0.4, 0.5) is 0 Å². The molecule has 1 fully saturated rings. The first-order valence-corrected chi connectivity index (χ1v) is 9.53. The average molecular weight is 323 g/mol. The summed E-state index contributed by atoms with van der Waals surface area (Å²) in [5.41, 5.74) is 0.577. The van der Waals surface area contributed by atoms with E-state index in [1.54, 1.807) is 30.5 Å². The Morgan fingerprint density at radius 2 is 1.91 bits per heavy atom. The fraction of sp³-hybridized carbons (Fsp3) is 0.588. The molecule has 4 nitrogen and oxygen atoms in total. The van der Waals surface area contributed by atoms with Crippen LogP contribution in [0.3, 0.4) is 0 Å². The summed E-state index contributed by atoms with van der Waals surface area (Å²) < 4.78 is 11.4. The number of aliphatic hydroxyl groups is 1. The van der Waals surface area contributed by atoms with Gasteiger partial charge in [0.2, 0.25) is 0 Å². The monoisotopic (exact) mass is 323 g/mol. The van der Waals surface area contributed by atoms with Gasteiger partial charge in [-0.1, -0.05) is 19.3 Å². The zero-order valence-corrected chi connectivity index (χ0v) is 13.9. The van der Waals surface area contributed by atoms with Gasteiger partial charge < -0.3 is 10.4 Å². The van der Waals surface area contributed by atoms with Crippen molar-refractivity contribution in [2.45, 2.75) is 49.5 Å². The van der Waals surface area contributed by atoms with Crippen molar-refractivity contribution in [3.63, 3.8) is 0 Å². The van der Waals surface area contributed by atoms with Gasteiger partial charge in [-0.05, 0) is 49.4 Å². The molecule has 22 heavy (non-hydrogen) atoms. The first kappa shape index (κ1) is 17.2. The van der Waals surface area contributed by atoms with E-state index >= 15 is 0 Å². The highest BCUT2D eigenvalue weighted by atomic mass is 32.2. The molecule has 1 aliphatic rings. The van der Waals surface area contributed by atoms with Crippen molar-refractivity contribution in [2.24, 2.45) is 5.92 Å². The summed E-state index contributed by atoms with van der Waals surface area (Å²) in [6.45, 7) is 0.0925. The van der Waals surface area contributed by atoms with Gasteiger partial charge >= 0.3 is 0 Å². The molecule has 0 heterocycles. The van der Waals surface area contributed by atoms with E-state index in [1.807, 2.05) is 0 Å². The Bertz CT molecular complexity index is 509. The van der Waals surface area contributed by atoms with Crippen molar-refractivity contribution in [3.05, 3.63) is 29.8 Å². The van der Waals surface area contributed by atoms with Crippen molar-refractivity contribution in [2.75, 3.05) is 12.9 Å². The molecule has 2 unspecified atom stereocenters. The summed E-state index contributed by atoms with van der Waals surface area (Å²) >= 11 is 0. The molecule has 0 bridgehead atoms. The predicted molar refractivity (Wildman–Crippen MR) is 88.3 cm³/mol. The minimum Gasteiger partial charge on any atom is -0.396 e. The molecule has 1 amide bonds. The van der Waals surface area contributed by atoms with Gasteiger partial charge in [-0.15, -0.1) is 0 Å². The molecule has 1 aromatic carbocycles. The lowest BCUT2D eigenvalue weighted by atomic mass is 9.82. The van der Waals surface area contributed by atoms with E-state index in [-0.39, 0.29) is 18.6 Å². The Labute approximate surface area is 134 Å². The predicted octanol–water partition coefficient (Wildman–Crippen LogP) is 2.49. The van der Waals surface area contributed by atoms with Gasteiger partial charge in [0.25, 0.3) is 5.91 Å². The number of amides is 1. The van der Waals surface area contributed by atoms with Crippen LogP contribution in [0.25, 0.3) is 0 Å². The minimum absolute atomic E-state index is 0.0396. The Morgan fingerprint density at radius 1 is 1.27 bits per heavy atom. The zero-order valence-electron chi connectivity index (χ0n) is 13.1. The molecule has 0 spiro atoms. The van der Waals surface area contributed by atoms with Crippen LogP contribution < -0.4 is 5.32 Å². The number of carbonyl (C=O) groups is 1. The first-order valence-electron chi connectivity index (χ1n) is 7.97. The fourth-order valence-corrected chi connectivity index (χ4v) is 3.67. The van der Waals surface area contributed by atoms with Crippen LogP contribution in [0.5, 0.6) is 0 Å². The second kappa shape index (κ2) is 8.44. The molecule has 0 aliphatic heterocycles. The second-order valence-electron chi connectivity index (χ2n) is 5.97. The number of carbonyl (C=O) groups excluding carboxylic acids is 1. The fourth-order valence-electron chi connectivity index (χ4n) is 3.15. The van der Waals surface area contributed by atoms with Crippen LogP contribution in [0.2, 0.25) is 0 Å². The van der Waals surface area contributed by atoms with Crippen LogP contribution in [-0.4, -0.2) is 34.1 Å². The number of benzene rings is 1. The van der Waals surface area contributed by atoms with Gasteiger partial charge in [0, 0.05) is 40.2 Å². The highest BCUT2D eigenvalue weighted by Crippen LogP contribution is 2.28. The summed E-state index contributed by atoms with van der Waals surface area (Å²) in [5.74, 6) is 0.352. The van der Waals surface area contributed by atoms with Gasteiger partial charge in [-0.2, -0.15) is 0 Å². The van der Waals surface area contributed by atoms with Gasteiger partial charge in [0.1, 0.15) is 0 Å². The van der Waals surface area contributed by atoms with E-state index in [1.165, 1.54) is 19.3 Å². The third kappa shape index (κ3) is 4.65. The maximum Gasteiger partial charge on any atom is 0.251 e. The maximum absolute atomic E-state index is 12.4. The number of rotatable bonds is 6. The van der Waals surface area contributed by atoms with E-state index in [0.29, 0.717) is 17.9 Å². The smallest absolute Gasteiger partial charge is 0.251 e. The van der Waals surface area contributed by atoms with E-state index in [2.05, 4.69) is 5.32 Å². The van der Waals surface area contributed by atoms with Crippen LogP contribution in [0.15, 0.2) is 29.2 Å². The molecule has 122 valence electrons. The molecule has 0 aromatic heterocycles. The van der Waals surface area contributed by atoms with Gasteiger partial charge in [-0.3, -0.25) is 9.00 Å². The number of aliphatic hydroxyl groups excluding tert-OH is 1. The van der Waals surface area contributed by atoms with E-state index in [4.69, 9.17) is 0 Å². The molecular weight excluding hydrogens is 298 g/mol. The highest BCUT2D eigenvalue weighted by molar-refractivity contribution is 7.84. The van der Waals surface area contributed by atoms with Gasteiger partial charge in [0.05, 0.1) is 0 Å². The first-order chi connectivity index (χ1) is 10.6. The molecule has 0 radical (unpaired) electrons. The lowest BCUT2D eigenvalue weighted by molar-refractivity contribution is 0.0899. The standard InChI is InChI=1S/C17H25NO3S/c1-22(21)15-9-7-14(8-10-15)17(20)18-16(11-12-19)13-5-3-2-4-6-13/h7-10,13,16,19H,2-6,11-12H2,1H3,(H,18,20). The maximum atomic E-state index is 12.4. The van der Waals surface area contributed by atoms with Crippen LogP contribution >= 0.6 is 0 Å². The molecule has 2 rings (SSSR count). The molecule has 1 aromatic rings. The minimum atomic E-state index is -1.03. The Morgan fingerprint density at radius 3 is 2.45 bits per heavy atom. The second-order valence-corrected chi connectivity index (χ2v) is 7.35. The highest BCUT2D eigenvalue weighted by Gasteiger charge is 2.25. The molecule has 0 saturated heterocycles. The lowest BCUT2D eigenvalue weighted by Gasteiger charge is -2.30. The Balaban J connectivity index is 2.01. The largest absolute Gasteiger partial charge is 0.396 e. The number of hydrogen-bond donors (Lipinski definition) is 2.